The van der Waals surface area contributed by atoms with Gasteiger partial charge >= 0.3 is 6.01 Å². The first-order valence-corrected chi connectivity index (χ1v) is 16.9. The first-order valence-electron chi connectivity index (χ1n) is 14.6. The van der Waals surface area contributed by atoms with Crippen LogP contribution in [0.5, 0.6) is 6.01 Å². The Morgan fingerprint density at radius 2 is 1.98 bits per heavy atom. The molecule has 0 aliphatic carbocycles. The van der Waals surface area contributed by atoms with Crippen molar-refractivity contribution < 1.29 is 21.9 Å². The van der Waals surface area contributed by atoms with Gasteiger partial charge in [-0.15, -0.1) is 0 Å². The van der Waals surface area contributed by atoms with Crippen LogP contribution in [0, 0.1) is 5.82 Å². The van der Waals surface area contributed by atoms with Crippen molar-refractivity contribution in [3.63, 3.8) is 0 Å². The average Bonchev–Trinajstić information content (AvgIpc) is 3.71. The lowest BCUT2D eigenvalue weighted by Gasteiger charge is -2.37. The van der Waals surface area contributed by atoms with Gasteiger partial charge in [0, 0.05) is 50.7 Å². The van der Waals surface area contributed by atoms with Crippen LogP contribution >= 0.6 is 11.3 Å². The molecule has 1 aromatic carbocycles. The maximum Gasteiger partial charge on any atom is 0.319 e. The summed E-state index contributed by atoms with van der Waals surface area (Å²) in [6.45, 7) is 2.65. The van der Waals surface area contributed by atoms with Crippen molar-refractivity contribution in [2.75, 3.05) is 50.5 Å². The number of nitrogens with two attached hydrogens (primary N) is 1. The number of nitrogen functional groups attached to an aromatic ring is 1. The normalized spacial score (nSPS) is 29.7. The molecule has 5 aliphatic rings. The smallest absolute Gasteiger partial charge is 0.319 e. The van der Waals surface area contributed by atoms with Crippen LogP contribution in [0.2, 0.25) is 0 Å². The molecule has 4 fully saturated rings. The largest absolute Gasteiger partial charge is 0.461 e. The maximum atomic E-state index is 14.6. The van der Waals surface area contributed by atoms with Gasteiger partial charge in [-0.25, -0.2) is 22.2 Å². The lowest BCUT2D eigenvalue weighted by molar-refractivity contribution is 0.107. The number of hydrogen-bond donors (Lipinski definition) is 2. The number of aromatic nitrogens is 3. The Kier molecular flexibility index (Phi) is 6.17. The van der Waals surface area contributed by atoms with E-state index in [1.54, 1.807) is 6.08 Å². The van der Waals surface area contributed by atoms with Gasteiger partial charge in [0.05, 0.1) is 27.1 Å². The molecule has 2 aromatic heterocycles. The van der Waals surface area contributed by atoms with Crippen molar-refractivity contribution in [1.82, 2.24) is 29.5 Å². The lowest BCUT2D eigenvalue weighted by Crippen LogP contribution is -2.52. The molecule has 0 saturated carbocycles. The molecule has 4 atom stereocenters. The quantitative estimate of drug-likeness (QED) is 0.434. The number of benzene rings is 1. The van der Waals surface area contributed by atoms with Gasteiger partial charge in [-0.3, -0.25) is 9.21 Å². The number of ether oxygens (including phenoxy) is 1. The van der Waals surface area contributed by atoms with Crippen LogP contribution in [0.15, 0.2) is 17.0 Å². The number of halogens is 2. The van der Waals surface area contributed by atoms with Crippen molar-refractivity contribution in [3.8, 4) is 6.01 Å². The third-order valence-electron chi connectivity index (χ3n) is 9.62. The molecule has 15 heteroatoms. The molecule has 0 amide bonds. The van der Waals surface area contributed by atoms with Gasteiger partial charge in [0.2, 0.25) is 0 Å². The summed E-state index contributed by atoms with van der Waals surface area (Å²) in [7, 11) is -2.68. The van der Waals surface area contributed by atoms with Crippen LogP contribution in [-0.2, 0) is 10.0 Å². The predicted molar refractivity (Wildman–Crippen MR) is 160 cm³/mol. The minimum absolute atomic E-state index is 0.00823. The zero-order valence-electron chi connectivity index (χ0n) is 23.6. The Bertz CT molecular complexity index is 1770. The van der Waals surface area contributed by atoms with Gasteiger partial charge in [-0.2, -0.15) is 9.97 Å². The number of fused-ring (bicyclic) bond motifs is 5. The molecule has 2 bridgehead atoms. The van der Waals surface area contributed by atoms with E-state index in [4.69, 9.17) is 15.5 Å². The summed E-state index contributed by atoms with van der Waals surface area (Å²) in [5.74, 6) is -0.176. The highest BCUT2D eigenvalue weighted by Gasteiger charge is 2.49. The Hall–Kier alpha value is -3.14. The minimum Gasteiger partial charge on any atom is -0.461 e. The van der Waals surface area contributed by atoms with Crippen molar-refractivity contribution in [2.45, 2.75) is 60.8 Å². The first kappa shape index (κ1) is 27.4. The molecule has 4 saturated heterocycles. The second-order valence-electron chi connectivity index (χ2n) is 12.3. The molecule has 2 unspecified atom stereocenters. The molecule has 8 rings (SSSR count). The van der Waals surface area contributed by atoms with Crippen LogP contribution in [0.25, 0.3) is 22.0 Å². The zero-order chi connectivity index (χ0) is 29.7. The average molecular weight is 631 g/mol. The molecular weight excluding hydrogens is 598 g/mol. The third kappa shape index (κ3) is 4.30. The van der Waals surface area contributed by atoms with E-state index < -0.39 is 27.6 Å². The fourth-order valence-corrected chi connectivity index (χ4v) is 9.83. The molecule has 0 radical (unpaired) electrons. The molecule has 5 aliphatic heterocycles. The highest BCUT2D eigenvalue weighted by Crippen LogP contribution is 2.44. The summed E-state index contributed by atoms with van der Waals surface area (Å²) in [6, 6.07) is 3.32. The lowest BCUT2D eigenvalue weighted by atomic mass is 9.95. The molecule has 43 heavy (non-hydrogen) atoms. The van der Waals surface area contributed by atoms with Gasteiger partial charge in [0.25, 0.3) is 10.0 Å². The second kappa shape index (κ2) is 9.68. The molecule has 11 nitrogen and oxygen atoms in total. The summed E-state index contributed by atoms with van der Waals surface area (Å²) < 4.78 is 65.3. The SMILES string of the molecule is CN1C(c2ccc(F)c3sc(N)nc23)=Cc2nc(OC[C@@]34CCCN3C[C@H](F)C4)nc(N3CC4CCC(C3)N4)c2S1(=O)=O. The number of rotatable bonds is 5. The molecular formula is C28H32F2N8O3S2. The predicted octanol–water partition coefficient (Wildman–Crippen LogP) is 2.84. The van der Waals surface area contributed by atoms with Crippen molar-refractivity contribution in [3.05, 3.63) is 29.2 Å². The number of alkyl halides is 1. The van der Waals surface area contributed by atoms with Crippen LogP contribution in [0.1, 0.15) is 43.4 Å². The third-order valence-corrected chi connectivity index (χ3v) is 12.3. The van der Waals surface area contributed by atoms with Crippen LogP contribution < -0.4 is 20.7 Å². The standard InChI is InChI=1S/C28H32F2N8O3S2/c1-36-21(18-5-6-19(30)23-22(18)34-26(31)42-23)9-20-24(43(36,39)40)25(37-12-16-3-4-17(13-37)32-16)35-27(33-20)41-14-28-7-2-8-38(28)11-15(29)10-28/h5-6,9,15-17,32H,2-4,7-8,10-14H2,1H3,(H2,31,34)/t15-,16?,17?,28+/m1/s1. The zero-order valence-corrected chi connectivity index (χ0v) is 25.2. The first-order chi connectivity index (χ1) is 20.6. The summed E-state index contributed by atoms with van der Waals surface area (Å²) in [4.78, 5) is 17.9. The van der Waals surface area contributed by atoms with Gasteiger partial charge in [0.1, 0.15) is 18.6 Å². The number of anilines is 2. The van der Waals surface area contributed by atoms with Crippen molar-refractivity contribution >= 4 is 54.3 Å². The monoisotopic (exact) mass is 630 g/mol. The van der Waals surface area contributed by atoms with E-state index in [0.717, 1.165) is 43.6 Å². The molecule has 0 spiro atoms. The second-order valence-corrected chi connectivity index (χ2v) is 15.2. The summed E-state index contributed by atoms with van der Waals surface area (Å²) in [5.41, 5.74) is 6.69. The number of piperazine rings is 1. The molecule has 7 heterocycles. The van der Waals surface area contributed by atoms with E-state index in [1.807, 2.05) is 4.90 Å². The number of sulfonamides is 1. The highest BCUT2D eigenvalue weighted by atomic mass is 32.2. The number of hydrogen-bond acceptors (Lipinski definition) is 11. The van der Waals surface area contributed by atoms with Crippen LogP contribution in [0.4, 0.5) is 19.7 Å². The maximum absolute atomic E-state index is 14.6. The van der Waals surface area contributed by atoms with E-state index >= 15 is 0 Å². The summed E-state index contributed by atoms with van der Waals surface area (Å²) >= 11 is 1.01. The topological polar surface area (TPSA) is 130 Å². The van der Waals surface area contributed by atoms with Gasteiger partial charge < -0.3 is 20.7 Å². The van der Waals surface area contributed by atoms with Crippen LogP contribution in [0.3, 0.4) is 0 Å². The van der Waals surface area contributed by atoms with E-state index in [-0.39, 0.29) is 56.3 Å². The van der Waals surface area contributed by atoms with E-state index in [9.17, 15) is 17.2 Å². The highest BCUT2D eigenvalue weighted by molar-refractivity contribution is 7.89. The number of nitrogens with one attached hydrogen (secondary N) is 1. The summed E-state index contributed by atoms with van der Waals surface area (Å²) in [5, 5.41) is 3.76. The Balaban J connectivity index is 1.26. The molecule has 3 N–H and O–H groups in total. The fraction of sp³-hybridized carbons (Fsp3) is 0.536. The summed E-state index contributed by atoms with van der Waals surface area (Å²) in [6.07, 6.45) is 4.97. The Morgan fingerprint density at radius 3 is 2.77 bits per heavy atom. The van der Waals surface area contributed by atoms with Crippen molar-refractivity contribution in [1.29, 1.82) is 0 Å². The van der Waals surface area contributed by atoms with E-state index in [1.165, 1.54) is 23.5 Å². The van der Waals surface area contributed by atoms with Gasteiger partial charge in [0.15, 0.2) is 15.8 Å². The van der Waals surface area contributed by atoms with Crippen LogP contribution in [-0.4, -0.2) is 96.2 Å². The Morgan fingerprint density at radius 1 is 1.19 bits per heavy atom. The van der Waals surface area contributed by atoms with E-state index in [0.29, 0.717) is 37.4 Å². The van der Waals surface area contributed by atoms with Crippen molar-refractivity contribution in [2.24, 2.45) is 0 Å². The number of nitrogens with zero attached hydrogens (tertiary/aromatic N) is 6. The van der Waals surface area contributed by atoms with Gasteiger partial charge in [-0.1, -0.05) is 11.3 Å². The molecule has 3 aromatic rings. The Labute approximate surface area is 251 Å². The number of thiazole rings is 1. The molecule has 228 valence electrons. The fourth-order valence-electron chi connectivity index (χ4n) is 7.61. The van der Waals surface area contributed by atoms with E-state index in [2.05, 4.69) is 20.2 Å². The minimum atomic E-state index is -4.14. The van der Waals surface area contributed by atoms with Gasteiger partial charge in [-0.05, 0) is 50.4 Å².